The van der Waals surface area contributed by atoms with Crippen LogP contribution < -0.4 is 10.5 Å². The molecule has 2 aromatic carbocycles. The van der Waals surface area contributed by atoms with Crippen LogP contribution in [-0.2, 0) is 0 Å². The maximum Gasteiger partial charge on any atom is 0.314 e. The van der Waals surface area contributed by atoms with Crippen molar-refractivity contribution in [3.63, 3.8) is 0 Å². The number of para-hydroxylation sites is 1. The Kier molecular flexibility index (Phi) is 4.40. The summed E-state index contributed by atoms with van der Waals surface area (Å²) in [6.45, 7) is 1.79. The lowest BCUT2D eigenvalue weighted by Crippen LogP contribution is -2.04. The molecule has 2 N–H and O–H groups in total. The molecule has 0 aliphatic carbocycles. The van der Waals surface area contributed by atoms with Crippen molar-refractivity contribution in [1.82, 2.24) is 0 Å². The zero-order chi connectivity index (χ0) is 15.6. The summed E-state index contributed by atoms with van der Waals surface area (Å²) in [6.07, 6.45) is 0. The van der Waals surface area contributed by atoms with Crippen molar-refractivity contribution in [2.24, 2.45) is 5.73 Å². The minimum absolute atomic E-state index is 0.120. The molecule has 0 saturated heterocycles. The molecular formula is C14H12ClFN2O3. The van der Waals surface area contributed by atoms with Crippen molar-refractivity contribution in [2.75, 3.05) is 0 Å². The molecule has 0 aliphatic heterocycles. The molecule has 0 heterocycles. The molecule has 0 aromatic heterocycles. The van der Waals surface area contributed by atoms with Crippen LogP contribution in [0.25, 0.3) is 0 Å². The summed E-state index contributed by atoms with van der Waals surface area (Å²) < 4.78 is 19.0. The molecule has 7 heteroatoms. The summed E-state index contributed by atoms with van der Waals surface area (Å²) in [5.41, 5.74) is 6.03. The SMILES string of the molecule is C[C@H](N)c1ccc(Oc2c(F)cccc2[N+](=O)[O-])c(Cl)c1. The average molecular weight is 311 g/mol. The van der Waals surface area contributed by atoms with Crippen LogP contribution in [0.3, 0.4) is 0 Å². The number of hydrogen-bond acceptors (Lipinski definition) is 4. The van der Waals surface area contributed by atoms with Crippen LogP contribution in [-0.4, -0.2) is 4.92 Å². The Morgan fingerprint density at radius 1 is 1.38 bits per heavy atom. The molecule has 0 bridgehead atoms. The van der Waals surface area contributed by atoms with Crippen molar-refractivity contribution in [1.29, 1.82) is 0 Å². The fourth-order valence-corrected chi connectivity index (χ4v) is 1.96. The highest BCUT2D eigenvalue weighted by molar-refractivity contribution is 6.32. The minimum atomic E-state index is -0.837. The summed E-state index contributed by atoms with van der Waals surface area (Å²) in [5, 5.41) is 11.1. The number of nitrogens with two attached hydrogens (primary N) is 1. The zero-order valence-electron chi connectivity index (χ0n) is 11.0. The largest absolute Gasteiger partial charge is 0.446 e. The van der Waals surface area contributed by atoms with Crippen molar-refractivity contribution in [3.05, 3.63) is 62.9 Å². The maximum atomic E-state index is 13.7. The first-order valence-corrected chi connectivity index (χ1v) is 6.43. The number of nitro benzene ring substituents is 1. The van der Waals surface area contributed by atoms with E-state index in [1.807, 2.05) is 0 Å². The Bertz CT molecular complexity index is 692. The van der Waals surface area contributed by atoms with E-state index in [9.17, 15) is 14.5 Å². The van der Waals surface area contributed by atoms with Crippen molar-refractivity contribution < 1.29 is 14.1 Å². The average Bonchev–Trinajstić information content (AvgIpc) is 2.42. The van der Waals surface area contributed by atoms with E-state index >= 15 is 0 Å². The van der Waals surface area contributed by atoms with Gasteiger partial charge < -0.3 is 10.5 Å². The monoisotopic (exact) mass is 310 g/mol. The molecule has 0 fully saturated rings. The number of benzene rings is 2. The van der Waals surface area contributed by atoms with Crippen LogP contribution in [0.5, 0.6) is 11.5 Å². The van der Waals surface area contributed by atoms with Crippen LogP contribution in [0, 0.1) is 15.9 Å². The van der Waals surface area contributed by atoms with Gasteiger partial charge in [0.1, 0.15) is 5.75 Å². The van der Waals surface area contributed by atoms with E-state index in [1.54, 1.807) is 19.1 Å². The van der Waals surface area contributed by atoms with Crippen molar-refractivity contribution >= 4 is 17.3 Å². The Labute approximate surface area is 125 Å². The standard InChI is InChI=1S/C14H12ClFN2O3/c1-8(17)9-5-6-13(10(15)7-9)21-14-11(16)3-2-4-12(14)18(19)20/h2-8H,17H2,1H3/t8-/m0/s1. The Morgan fingerprint density at radius 2 is 2.10 bits per heavy atom. The van der Waals surface area contributed by atoms with E-state index in [-0.39, 0.29) is 16.8 Å². The molecular weight excluding hydrogens is 299 g/mol. The highest BCUT2D eigenvalue weighted by Gasteiger charge is 2.21. The van der Waals surface area contributed by atoms with Crippen LogP contribution in [0.1, 0.15) is 18.5 Å². The normalized spacial score (nSPS) is 12.0. The molecule has 0 radical (unpaired) electrons. The third-order valence-electron chi connectivity index (χ3n) is 2.84. The predicted octanol–water partition coefficient (Wildman–Crippen LogP) is 4.20. The quantitative estimate of drug-likeness (QED) is 0.678. The predicted molar refractivity (Wildman–Crippen MR) is 77.2 cm³/mol. The summed E-state index contributed by atoms with van der Waals surface area (Å²) in [5.74, 6) is -1.19. The van der Waals surface area contributed by atoms with Gasteiger partial charge in [-0.2, -0.15) is 0 Å². The van der Waals surface area contributed by atoms with E-state index in [1.165, 1.54) is 12.1 Å². The summed E-state index contributed by atoms with van der Waals surface area (Å²) >= 11 is 6.03. The van der Waals surface area contributed by atoms with Gasteiger partial charge in [-0.25, -0.2) is 4.39 Å². The third kappa shape index (κ3) is 3.29. The van der Waals surface area contributed by atoms with E-state index in [0.717, 1.165) is 17.7 Å². The van der Waals surface area contributed by atoms with Crippen molar-refractivity contribution in [2.45, 2.75) is 13.0 Å². The molecule has 110 valence electrons. The van der Waals surface area contributed by atoms with Gasteiger partial charge in [-0.3, -0.25) is 10.1 Å². The number of ether oxygens (including phenoxy) is 1. The first kappa shape index (κ1) is 15.2. The number of halogens is 2. The fraction of sp³-hybridized carbons (Fsp3) is 0.143. The summed E-state index contributed by atoms with van der Waals surface area (Å²) in [4.78, 5) is 10.2. The maximum absolute atomic E-state index is 13.7. The van der Waals surface area contributed by atoms with Crippen LogP contribution in [0.2, 0.25) is 5.02 Å². The first-order valence-electron chi connectivity index (χ1n) is 6.06. The zero-order valence-corrected chi connectivity index (χ0v) is 11.8. The molecule has 2 aromatic rings. The number of hydrogen-bond donors (Lipinski definition) is 1. The third-order valence-corrected chi connectivity index (χ3v) is 3.13. The van der Waals surface area contributed by atoms with Gasteiger partial charge >= 0.3 is 5.69 Å². The second-order valence-electron chi connectivity index (χ2n) is 4.43. The van der Waals surface area contributed by atoms with Crippen LogP contribution in [0.15, 0.2) is 36.4 Å². The van der Waals surface area contributed by atoms with E-state index in [2.05, 4.69) is 0 Å². The van der Waals surface area contributed by atoms with Crippen molar-refractivity contribution in [3.8, 4) is 11.5 Å². The second-order valence-corrected chi connectivity index (χ2v) is 4.83. The van der Waals surface area contributed by atoms with Crippen LogP contribution in [0.4, 0.5) is 10.1 Å². The van der Waals surface area contributed by atoms with Gasteiger partial charge in [-0.05, 0) is 30.7 Å². The van der Waals surface area contributed by atoms with Crippen LogP contribution >= 0.6 is 11.6 Å². The lowest BCUT2D eigenvalue weighted by Gasteiger charge is -2.11. The molecule has 5 nitrogen and oxygen atoms in total. The smallest absolute Gasteiger partial charge is 0.314 e. The molecule has 0 aliphatic rings. The van der Waals surface area contributed by atoms with E-state index in [0.29, 0.717) is 0 Å². The number of nitro groups is 1. The molecule has 21 heavy (non-hydrogen) atoms. The molecule has 0 saturated carbocycles. The topological polar surface area (TPSA) is 78.4 Å². The Balaban J connectivity index is 2.41. The van der Waals surface area contributed by atoms with Gasteiger partial charge in [0.05, 0.1) is 9.95 Å². The minimum Gasteiger partial charge on any atom is -0.446 e. The van der Waals surface area contributed by atoms with E-state index < -0.39 is 22.2 Å². The Morgan fingerprint density at radius 3 is 2.67 bits per heavy atom. The molecule has 0 amide bonds. The number of nitrogens with zero attached hydrogens (tertiary/aromatic N) is 1. The van der Waals surface area contributed by atoms with Gasteiger partial charge in [-0.1, -0.05) is 23.7 Å². The first-order chi connectivity index (χ1) is 9.90. The fourth-order valence-electron chi connectivity index (χ4n) is 1.74. The molecule has 1 atom stereocenters. The summed E-state index contributed by atoms with van der Waals surface area (Å²) in [7, 11) is 0. The van der Waals surface area contributed by atoms with Gasteiger partial charge in [0.2, 0.25) is 5.75 Å². The molecule has 0 unspecified atom stereocenters. The lowest BCUT2D eigenvalue weighted by molar-refractivity contribution is -0.385. The van der Waals surface area contributed by atoms with Gasteiger partial charge in [0.25, 0.3) is 0 Å². The summed E-state index contributed by atoms with van der Waals surface area (Å²) in [6, 6.07) is 7.99. The highest BCUT2D eigenvalue weighted by Crippen LogP contribution is 2.37. The van der Waals surface area contributed by atoms with Gasteiger partial charge in [-0.15, -0.1) is 0 Å². The van der Waals surface area contributed by atoms with E-state index in [4.69, 9.17) is 22.1 Å². The lowest BCUT2D eigenvalue weighted by atomic mass is 10.1. The van der Waals surface area contributed by atoms with Gasteiger partial charge in [0.15, 0.2) is 5.82 Å². The molecule has 0 spiro atoms. The molecule has 2 rings (SSSR count). The number of rotatable bonds is 4. The highest BCUT2D eigenvalue weighted by atomic mass is 35.5. The Hall–Kier alpha value is -2.18. The second kappa shape index (κ2) is 6.07. The van der Waals surface area contributed by atoms with Gasteiger partial charge in [0, 0.05) is 12.1 Å².